The Kier molecular flexibility index (Phi) is 13.0. The molecule has 2 aliphatic rings. The number of aromatic nitrogens is 2. The highest BCUT2D eigenvalue weighted by Gasteiger charge is 2.45. The van der Waals surface area contributed by atoms with E-state index in [4.69, 9.17) is 0 Å². The molecule has 0 saturated heterocycles. The van der Waals surface area contributed by atoms with Crippen molar-refractivity contribution in [3.8, 4) is 55.9 Å². The molecule has 4 nitrogen and oxygen atoms in total. The first kappa shape index (κ1) is 59.0. The average Bonchev–Trinajstić information content (AvgIpc) is 1.57. The molecule has 0 spiro atoms. The Morgan fingerprint density at radius 2 is 0.583 bits per heavy atom. The molecule has 0 amide bonds. The van der Waals surface area contributed by atoms with Crippen LogP contribution < -0.4 is 26.2 Å². The molecule has 0 radical (unpaired) electrons. The molecule has 0 bridgehead atoms. The highest BCUT2D eigenvalue weighted by molar-refractivity contribution is 7.00. The van der Waals surface area contributed by atoms with Gasteiger partial charge in [-0.3, -0.25) is 0 Å². The van der Waals surface area contributed by atoms with Gasteiger partial charge in [0, 0.05) is 77.8 Å². The molecule has 17 aromatic carbocycles. The van der Waals surface area contributed by atoms with E-state index in [1.165, 1.54) is 154 Å². The zero-order valence-corrected chi connectivity index (χ0v) is 57.4. The molecule has 0 N–H and O–H groups in total. The van der Waals surface area contributed by atoms with Crippen molar-refractivity contribution in [2.75, 3.05) is 9.80 Å². The highest BCUT2D eigenvalue weighted by Crippen LogP contribution is 2.50. The molecule has 103 heavy (non-hydrogen) atoms. The summed E-state index contributed by atoms with van der Waals surface area (Å²) in [5.41, 5.74) is 28.1. The Balaban J connectivity index is 0.827. The Bertz CT molecular complexity index is 6320. The maximum absolute atomic E-state index is 2.60. The quantitative estimate of drug-likeness (QED) is 0.141. The third kappa shape index (κ3) is 9.32. The number of hydrogen-bond donors (Lipinski definition) is 0. The Morgan fingerprint density at radius 1 is 0.233 bits per heavy atom. The first-order chi connectivity index (χ1) is 50.7. The topological polar surface area (TPSA) is 16.3 Å². The smallest absolute Gasteiger partial charge is 0.252 e. The third-order valence-electron chi connectivity index (χ3n) is 22.4. The lowest BCUT2D eigenvalue weighted by atomic mass is 9.33. The van der Waals surface area contributed by atoms with Crippen molar-refractivity contribution < 1.29 is 0 Å². The summed E-state index contributed by atoms with van der Waals surface area (Å²) in [5.74, 6) is 0. The van der Waals surface area contributed by atoms with Crippen molar-refractivity contribution in [3.63, 3.8) is 0 Å². The molecule has 21 rings (SSSR count). The van der Waals surface area contributed by atoms with Gasteiger partial charge in [0.2, 0.25) is 0 Å². The van der Waals surface area contributed by atoms with Crippen LogP contribution in [0.1, 0.15) is 26.3 Å². The van der Waals surface area contributed by atoms with Gasteiger partial charge in [0.1, 0.15) is 0 Å². The summed E-state index contributed by atoms with van der Waals surface area (Å²) in [6.45, 7) is 6.95. The summed E-state index contributed by atoms with van der Waals surface area (Å²) in [5, 5.41) is 14.7. The molecule has 0 atom stereocenters. The van der Waals surface area contributed by atoms with Crippen molar-refractivity contribution in [3.05, 3.63) is 357 Å². The molecule has 482 valence electrons. The van der Waals surface area contributed by atoms with E-state index in [1.807, 2.05) is 0 Å². The third-order valence-corrected chi connectivity index (χ3v) is 22.4. The average molecular weight is 1310 g/mol. The van der Waals surface area contributed by atoms with Crippen LogP contribution >= 0.6 is 0 Å². The van der Waals surface area contributed by atoms with Crippen LogP contribution in [-0.4, -0.2) is 15.8 Å². The van der Waals surface area contributed by atoms with E-state index in [-0.39, 0.29) is 12.1 Å². The first-order valence-corrected chi connectivity index (χ1v) is 36.0. The van der Waals surface area contributed by atoms with Gasteiger partial charge in [-0.15, -0.1) is 0 Å². The second-order valence-corrected chi connectivity index (χ2v) is 29.2. The molecule has 2 aliphatic heterocycles. The van der Waals surface area contributed by atoms with Gasteiger partial charge in [-0.1, -0.05) is 276 Å². The zero-order chi connectivity index (χ0) is 68.2. The van der Waals surface area contributed by atoms with Crippen molar-refractivity contribution >= 4 is 144 Å². The fourth-order valence-corrected chi connectivity index (χ4v) is 17.3. The number of hydrogen-bond acceptors (Lipinski definition) is 2. The molecule has 19 aromatic rings. The minimum atomic E-state index is -0.248. The number of fused-ring (bicyclic) bond motifs is 16. The summed E-state index contributed by atoms with van der Waals surface area (Å²) in [6, 6.07) is 133. The van der Waals surface area contributed by atoms with E-state index in [9.17, 15) is 0 Å². The predicted octanol–water partition coefficient (Wildman–Crippen LogP) is 24.5. The normalized spacial score (nSPS) is 12.7. The van der Waals surface area contributed by atoms with Crippen LogP contribution in [-0.2, 0) is 5.41 Å². The maximum Gasteiger partial charge on any atom is 0.252 e. The van der Waals surface area contributed by atoms with Crippen LogP contribution in [0.15, 0.2) is 352 Å². The summed E-state index contributed by atoms with van der Waals surface area (Å²) in [7, 11) is 0. The second kappa shape index (κ2) is 22.8. The molecule has 2 aromatic heterocycles. The monoisotopic (exact) mass is 1310 g/mol. The molecular formula is C98H67BN4. The van der Waals surface area contributed by atoms with Gasteiger partial charge in [-0.2, -0.15) is 0 Å². The van der Waals surface area contributed by atoms with Crippen LogP contribution in [0, 0.1) is 0 Å². The SMILES string of the molecule is CC(C)(C)c1cc2c3c(c1)N(c1ccc(-c4ccccc4)cc1)c1cc(-n4c5ccc(-c6ccc7ccccc7c6)cc5c5ccc6ccccc6c54)ccc1B3c1ccc(-n3c4ccc(-c5ccc6ccccc6c5)cc4c4ccc5ccccc5c43)cc1N2c1ccc(-c2ccccc2)cc1. The zero-order valence-electron chi connectivity index (χ0n) is 57.4. The van der Waals surface area contributed by atoms with Gasteiger partial charge >= 0.3 is 0 Å². The standard InChI is InChI=1S/C98H67BN4/c1-98(2,3)76-58-93-95-94(59-76)101(78-44-36-67(37-45-78)63-20-8-5-9-21-63)92-61-80(103-90-53-41-75(73-33-31-65-23-11-13-27-71(65)55-73)57-86(90)84-49-39-69-25-15-17-29-82(69)97(84)103)47-51-88(92)99(95)87-50-46-79(60-91(87)100(93)77-42-34-66(35-43-77)62-18-6-4-7-19-62)102-89-52-40-74(72-32-30-64-22-10-12-26-70(64)54-72)56-85(89)83-48-38-68-24-14-16-28-81(68)96(83)102/h4-61H,1-3H3. The minimum Gasteiger partial charge on any atom is -0.311 e. The number of benzene rings is 17. The van der Waals surface area contributed by atoms with Gasteiger partial charge in [-0.05, 0) is 201 Å². The lowest BCUT2D eigenvalue weighted by Crippen LogP contribution is -2.61. The minimum absolute atomic E-state index is 0.168. The Hall–Kier alpha value is -13.0. The van der Waals surface area contributed by atoms with Crippen molar-refractivity contribution in [1.29, 1.82) is 0 Å². The molecule has 5 heteroatoms. The van der Waals surface area contributed by atoms with E-state index < -0.39 is 0 Å². The summed E-state index contributed by atoms with van der Waals surface area (Å²) >= 11 is 0. The van der Waals surface area contributed by atoms with Gasteiger partial charge < -0.3 is 18.9 Å². The number of anilines is 6. The molecule has 0 saturated carbocycles. The fourth-order valence-electron chi connectivity index (χ4n) is 17.3. The molecular weight excluding hydrogens is 1240 g/mol. The Labute approximate surface area is 598 Å². The van der Waals surface area contributed by atoms with Crippen molar-refractivity contribution in [1.82, 2.24) is 9.13 Å². The molecule has 0 aliphatic carbocycles. The van der Waals surface area contributed by atoms with Gasteiger partial charge in [0.15, 0.2) is 0 Å². The van der Waals surface area contributed by atoms with Gasteiger partial charge in [-0.25, -0.2) is 0 Å². The predicted molar refractivity (Wildman–Crippen MR) is 440 cm³/mol. The van der Waals surface area contributed by atoms with Crippen LogP contribution in [0.5, 0.6) is 0 Å². The maximum atomic E-state index is 2.60. The van der Waals surface area contributed by atoms with Crippen LogP contribution in [0.25, 0.3) is 143 Å². The molecule has 4 heterocycles. The van der Waals surface area contributed by atoms with Crippen LogP contribution in [0.4, 0.5) is 34.1 Å². The second-order valence-electron chi connectivity index (χ2n) is 29.2. The summed E-state index contributed by atoms with van der Waals surface area (Å²) in [4.78, 5) is 5.21. The fraction of sp³-hybridized carbons (Fsp3) is 0.0408. The highest BCUT2D eigenvalue weighted by atomic mass is 15.2. The lowest BCUT2D eigenvalue weighted by Gasteiger charge is -2.45. The van der Waals surface area contributed by atoms with Crippen LogP contribution in [0.2, 0.25) is 0 Å². The molecule has 0 fully saturated rings. The summed E-state index contributed by atoms with van der Waals surface area (Å²) in [6.07, 6.45) is 0. The molecule has 0 unspecified atom stereocenters. The van der Waals surface area contributed by atoms with E-state index in [2.05, 4.69) is 392 Å². The number of nitrogens with zero attached hydrogens (tertiary/aromatic N) is 4. The van der Waals surface area contributed by atoms with Gasteiger partial charge in [0.05, 0.1) is 22.1 Å². The van der Waals surface area contributed by atoms with Gasteiger partial charge in [0.25, 0.3) is 6.71 Å². The van der Waals surface area contributed by atoms with E-state index in [0.717, 1.165) is 45.2 Å². The van der Waals surface area contributed by atoms with E-state index >= 15 is 0 Å². The van der Waals surface area contributed by atoms with Crippen molar-refractivity contribution in [2.24, 2.45) is 0 Å². The lowest BCUT2D eigenvalue weighted by molar-refractivity contribution is 0.590. The number of rotatable bonds is 8. The van der Waals surface area contributed by atoms with E-state index in [1.54, 1.807) is 0 Å². The van der Waals surface area contributed by atoms with Crippen LogP contribution in [0.3, 0.4) is 0 Å². The Morgan fingerprint density at radius 3 is 1.02 bits per heavy atom. The largest absolute Gasteiger partial charge is 0.311 e. The van der Waals surface area contributed by atoms with E-state index in [0.29, 0.717) is 0 Å². The summed E-state index contributed by atoms with van der Waals surface area (Å²) < 4.78 is 5.12. The van der Waals surface area contributed by atoms with Crippen molar-refractivity contribution in [2.45, 2.75) is 26.2 Å². The first-order valence-electron chi connectivity index (χ1n) is 36.0.